The molecule has 3 N–H and O–H groups in total. The van der Waals surface area contributed by atoms with Gasteiger partial charge in [-0.3, -0.25) is 10.1 Å². The van der Waals surface area contributed by atoms with Gasteiger partial charge in [-0.2, -0.15) is 5.10 Å². The SMILES string of the molecule is C[C@@H](NCc1cn[nH]c1C(=O)O)c1cccnc1. The van der Waals surface area contributed by atoms with E-state index in [1.807, 2.05) is 19.1 Å². The van der Waals surface area contributed by atoms with E-state index in [9.17, 15) is 4.79 Å². The van der Waals surface area contributed by atoms with Gasteiger partial charge in [-0.05, 0) is 18.6 Å². The van der Waals surface area contributed by atoms with Crippen molar-refractivity contribution < 1.29 is 9.90 Å². The number of carboxylic acids is 1. The maximum atomic E-state index is 10.9. The first-order valence-corrected chi connectivity index (χ1v) is 5.57. The van der Waals surface area contributed by atoms with Gasteiger partial charge >= 0.3 is 5.97 Å². The molecule has 0 amide bonds. The van der Waals surface area contributed by atoms with E-state index >= 15 is 0 Å². The van der Waals surface area contributed by atoms with Crippen LogP contribution < -0.4 is 5.32 Å². The van der Waals surface area contributed by atoms with Crippen molar-refractivity contribution >= 4 is 5.97 Å². The van der Waals surface area contributed by atoms with Gasteiger partial charge in [-0.15, -0.1) is 0 Å². The summed E-state index contributed by atoms with van der Waals surface area (Å²) in [5.74, 6) is -1.00. The Hall–Kier alpha value is -2.21. The first-order chi connectivity index (χ1) is 8.68. The molecule has 2 aromatic rings. The standard InChI is InChI=1S/C12H14N4O2/c1-8(9-3-2-4-13-5-9)14-6-10-7-15-16-11(10)12(17)18/h2-5,7-8,14H,6H2,1H3,(H,15,16)(H,17,18)/t8-/m1/s1. The highest BCUT2D eigenvalue weighted by Gasteiger charge is 2.13. The van der Waals surface area contributed by atoms with E-state index in [1.165, 1.54) is 6.20 Å². The molecular formula is C12H14N4O2. The largest absolute Gasteiger partial charge is 0.477 e. The van der Waals surface area contributed by atoms with Crippen LogP contribution in [0.2, 0.25) is 0 Å². The topological polar surface area (TPSA) is 90.9 Å². The summed E-state index contributed by atoms with van der Waals surface area (Å²) in [6, 6.07) is 3.93. The highest BCUT2D eigenvalue weighted by atomic mass is 16.4. The maximum Gasteiger partial charge on any atom is 0.354 e. The first-order valence-electron chi connectivity index (χ1n) is 5.57. The van der Waals surface area contributed by atoms with Gasteiger partial charge in [0.05, 0.1) is 6.20 Å². The molecule has 0 saturated heterocycles. The van der Waals surface area contributed by atoms with E-state index in [0.29, 0.717) is 12.1 Å². The van der Waals surface area contributed by atoms with E-state index in [1.54, 1.807) is 12.4 Å². The molecule has 2 heterocycles. The third-order valence-electron chi connectivity index (χ3n) is 2.71. The lowest BCUT2D eigenvalue weighted by molar-refractivity contribution is 0.0689. The molecule has 18 heavy (non-hydrogen) atoms. The number of nitrogens with one attached hydrogen (secondary N) is 2. The Morgan fingerprint density at radius 2 is 2.39 bits per heavy atom. The fourth-order valence-electron chi connectivity index (χ4n) is 1.64. The van der Waals surface area contributed by atoms with Crippen molar-refractivity contribution in [2.75, 3.05) is 0 Å². The third-order valence-corrected chi connectivity index (χ3v) is 2.71. The zero-order chi connectivity index (χ0) is 13.0. The Morgan fingerprint density at radius 1 is 1.56 bits per heavy atom. The fourth-order valence-corrected chi connectivity index (χ4v) is 1.64. The minimum atomic E-state index is -1.00. The van der Waals surface area contributed by atoms with E-state index in [2.05, 4.69) is 20.5 Å². The van der Waals surface area contributed by atoms with Crippen LogP contribution in [0.4, 0.5) is 0 Å². The molecule has 6 heteroatoms. The molecule has 0 spiro atoms. The molecule has 2 rings (SSSR count). The van der Waals surface area contributed by atoms with Crippen molar-refractivity contribution in [3.8, 4) is 0 Å². The van der Waals surface area contributed by atoms with Crippen molar-refractivity contribution in [3.05, 3.63) is 47.5 Å². The van der Waals surface area contributed by atoms with E-state index < -0.39 is 5.97 Å². The number of H-pyrrole nitrogens is 1. The minimum absolute atomic E-state index is 0.0928. The normalized spacial score (nSPS) is 12.3. The molecule has 0 fully saturated rings. The van der Waals surface area contributed by atoms with Gasteiger partial charge < -0.3 is 10.4 Å². The lowest BCUT2D eigenvalue weighted by atomic mass is 10.1. The fraction of sp³-hybridized carbons (Fsp3) is 0.250. The number of carboxylic acid groups (broad SMARTS) is 1. The van der Waals surface area contributed by atoms with Gasteiger partial charge in [0.25, 0.3) is 0 Å². The van der Waals surface area contributed by atoms with Crippen molar-refractivity contribution in [3.63, 3.8) is 0 Å². The van der Waals surface area contributed by atoms with Crippen LogP contribution in [0, 0.1) is 0 Å². The summed E-state index contributed by atoms with van der Waals surface area (Å²) in [6.07, 6.45) is 5.02. The number of hydrogen-bond donors (Lipinski definition) is 3. The number of pyridine rings is 1. The predicted molar refractivity (Wildman–Crippen MR) is 65.0 cm³/mol. The Morgan fingerprint density at radius 3 is 3.06 bits per heavy atom. The number of hydrogen-bond acceptors (Lipinski definition) is 4. The monoisotopic (exact) mass is 246 g/mol. The molecule has 0 aliphatic carbocycles. The lowest BCUT2D eigenvalue weighted by Gasteiger charge is -2.13. The number of rotatable bonds is 5. The number of aromatic carboxylic acids is 1. The van der Waals surface area contributed by atoms with E-state index in [-0.39, 0.29) is 11.7 Å². The number of aromatic amines is 1. The second-order valence-electron chi connectivity index (χ2n) is 3.96. The van der Waals surface area contributed by atoms with Gasteiger partial charge in [0.15, 0.2) is 0 Å². The smallest absolute Gasteiger partial charge is 0.354 e. The molecule has 0 unspecified atom stereocenters. The summed E-state index contributed by atoms with van der Waals surface area (Å²) in [5.41, 5.74) is 1.82. The average Bonchev–Trinajstić information content (AvgIpc) is 2.85. The molecule has 0 bridgehead atoms. The Balaban J connectivity index is 1.99. The third kappa shape index (κ3) is 2.72. The molecule has 0 aliphatic heterocycles. The second-order valence-corrected chi connectivity index (χ2v) is 3.96. The number of carbonyl (C=O) groups is 1. The molecule has 6 nitrogen and oxygen atoms in total. The van der Waals surface area contributed by atoms with Crippen molar-refractivity contribution in [2.45, 2.75) is 19.5 Å². The molecule has 94 valence electrons. The Labute approximate surface area is 104 Å². The molecular weight excluding hydrogens is 232 g/mol. The van der Waals surface area contributed by atoms with Crippen LogP contribution in [0.25, 0.3) is 0 Å². The summed E-state index contributed by atoms with van der Waals surface area (Å²) in [6.45, 7) is 2.44. The molecule has 0 saturated carbocycles. The quantitative estimate of drug-likeness (QED) is 0.740. The van der Waals surface area contributed by atoms with Crippen LogP contribution >= 0.6 is 0 Å². The van der Waals surface area contributed by atoms with Crippen LogP contribution in [0.3, 0.4) is 0 Å². The van der Waals surface area contributed by atoms with Crippen LogP contribution in [-0.2, 0) is 6.54 Å². The molecule has 2 aromatic heterocycles. The zero-order valence-electron chi connectivity index (χ0n) is 9.92. The average molecular weight is 246 g/mol. The van der Waals surface area contributed by atoms with Gasteiger partial charge in [0, 0.05) is 30.5 Å². The second kappa shape index (κ2) is 5.42. The van der Waals surface area contributed by atoms with Crippen LogP contribution in [0.15, 0.2) is 30.7 Å². The summed E-state index contributed by atoms with van der Waals surface area (Å²) < 4.78 is 0. The van der Waals surface area contributed by atoms with E-state index in [0.717, 1.165) is 5.56 Å². The molecule has 0 aromatic carbocycles. The van der Waals surface area contributed by atoms with Gasteiger partial charge in [0.1, 0.15) is 5.69 Å². The van der Waals surface area contributed by atoms with Gasteiger partial charge in [0.2, 0.25) is 0 Å². The van der Waals surface area contributed by atoms with Crippen LogP contribution in [0.1, 0.15) is 34.6 Å². The highest BCUT2D eigenvalue weighted by Crippen LogP contribution is 2.12. The molecule has 0 aliphatic rings. The van der Waals surface area contributed by atoms with E-state index in [4.69, 9.17) is 5.11 Å². The van der Waals surface area contributed by atoms with Crippen LogP contribution in [-0.4, -0.2) is 26.3 Å². The summed E-state index contributed by atoms with van der Waals surface area (Å²) in [4.78, 5) is 14.9. The van der Waals surface area contributed by atoms with Gasteiger partial charge in [-0.1, -0.05) is 6.07 Å². The summed E-state index contributed by atoms with van der Waals surface area (Å²) in [5, 5.41) is 18.4. The highest BCUT2D eigenvalue weighted by molar-refractivity contribution is 5.86. The molecule has 1 atom stereocenters. The lowest BCUT2D eigenvalue weighted by Crippen LogP contribution is -2.19. The Bertz CT molecular complexity index is 524. The maximum absolute atomic E-state index is 10.9. The van der Waals surface area contributed by atoms with Crippen molar-refractivity contribution in [1.82, 2.24) is 20.5 Å². The number of nitrogens with zero attached hydrogens (tertiary/aromatic N) is 2. The Kier molecular flexibility index (Phi) is 3.69. The summed E-state index contributed by atoms with van der Waals surface area (Å²) >= 11 is 0. The van der Waals surface area contributed by atoms with Crippen molar-refractivity contribution in [1.29, 1.82) is 0 Å². The molecule has 0 radical (unpaired) electrons. The predicted octanol–water partition coefficient (Wildman–Crippen LogP) is 1.35. The summed E-state index contributed by atoms with van der Waals surface area (Å²) in [7, 11) is 0. The minimum Gasteiger partial charge on any atom is -0.477 e. The van der Waals surface area contributed by atoms with Crippen molar-refractivity contribution in [2.24, 2.45) is 0 Å². The first kappa shape index (κ1) is 12.3. The zero-order valence-corrected chi connectivity index (χ0v) is 9.92. The van der Waals surface area contributed by atoms with Gasteiger partial charge in [-0.25, -0.2) is 4.79 Å². The van der Waals surface area contributed by atoms with Crippen LogP contribution in [0.5, 0.6) is 0 Å². The number of aromatic nitrogens is 3.